The molecule has 0 saturated carbocycles. The van der Waals surface area contributed by atoms with E-state index in [9.17, 15) is 38.3 Å². The van der Waals surface area contributed by atoms with Crippen LogP contribution in [0, 0.1) is 28.4 Å². The minimum Gasteiger partial charge on any atom is -0.465 e. The number of likely N-dealkylation sites (tertiary alicyclic amines) is 1. The molecule has 5 rings (SSSR count). The van der Waals surface area contributed by atoms with Crippen LogP contribution in [0.25, 0.3) is 11.1 Å². The van der Waals surface area contributed by atoms with Gasteiger partial charge >= 0.3 is 6.09 Å². The number of benzene rings is 2. The van der Waals surface area contributed by atoms with Gasteiger partial charge in [-0.15, -0.1) is 0 Å². The first-order valence-corrected chi connectivity index (χ1v) is 23.5. The Labute approximate surface area is 385 Å². The van der Waals surface area contributed by atoms with E-state index in [0.717, 1.165) is 23.4 Å². The van der Waals surface area contributed by atoms with E-state index in [1.807, 2.05) is 87.4 Å². The molecule has 16 heteroatoms. The highest BCUT2D eigenvalue weighted by Gasteiger charge is 2.47. The minimum atomic E-state index is -1.01. The van der Waals surface area contributed by atoms with E-state index < -0.39 is 34.6 Å². The van der Waals surface area contributed by atoms with Gasteiger partial charge < -0.3 is 30.1 Å². The maximum Gasteiger partial charge on any atom is 0.407 e. The van der Waals surface area contributed by atoms with Crippen LogP contribution in [0.5, 0.6) is 0 Å². The van der Waals surface area contributed by atoms with E-state index in [4.69, 9.17) is 0 Å². The molecule has 2 aliphatic rings. The summed E-state index contributed by atoms with van der Waals surface area (Å²) < 4.78 is 32.0. The minimum absolute atomic E-state index is 0.0395. The fourth-order valence-corrected chi connectivity index (χ4v) is 9.84. The molecular weight excluding hydrogens is 855 g/mol. The number of unbranched alkanes of at least 4 members (excludes halogenated alkanes) is 2. The molecule has 0 radical (unpaired) electrons. The number of amides is 6. The van der Waals surface area contributed by atoms with Gasteiger partial charge in [-0.25, -0.2) is 13.6 Å². The van der Waals surface area contributed by atoms with Gasteiger partial charge in [0.2, 0.25) is 17.7 Å². The van der Waals surface area contributed by atoms with Crippen LogP contribution in [-0.4, -0.2) is 110 Å². The summed E-state index contributed by atoms with van der Waals surface area (Å²) in [7, 11) is 0. The van der Waals surface area contributed by atoms with Crippen molar-refractivity contribution in [3.05, 3.63) is 95.8 Å². The van der Waals surface area contributed by atoms with Crippen molar-refractivity contribution in [1.29, 1.82) is 0 Å². The first-order chi connectivity index (χ1) is 30.7. The highest BCUT2D eigenvalue weighted by Crippen LogP contribution is 2.44. The first-order valence-electron chi connectivity index (χ1n) is 22.4. The third-order valence-corrected chi connectivity index (χ3v) is 12.8. The van der Waals surface area contributed by atoms with E-state index in [1.54, 1.807) is 6.20 Å². The van der Waals surface area contributed by atoms with Gasteiger partial charge in [0.15, 0.2) is 0 Å². The SMILES string of the molecule is CC(C)(C)C1C(CN(C(=O)CSCCC(=O)NCCNC(=O)CCCCCN2C(=O)C=CC2=O)[C@@H](c2cc(-c3cc(F)ccc3F)cn2Cc2ccccc2)C(C)(C)C)CCN1C(=O)O. The number of rotatable bonds is 21. The lowest BCUT2D eigenvalue weighted by Crippen LogP contribution is -2.51. The smallest absolute Gasteiger partial charge is 0.407 e. The van der Waals surface area contributed by atoms with Crippen LogP contribution in [0.3, 0.4) is 0 Å². The lowest BCUT2D eigenvalue weighted by molar-refractivity contribution is -0.137. The predicted octanol–water partition coefficient (Wildman–Crippen LogP) is 7.65. The molecule has 65 heavy (non-hydrogen) atoms. The fourth-order valence-electron chi connectivity index (χ4n) is 9.02. The summed E-state index contributed by atoms with van der Waals surface area (Å²) in [4.78, 5) is 80.3. The number of thioether (sulfide) groups is 1. The number of hydrogen-bond acceptors (Lipinski definition) is 7. The summed E-state index contributed by atoms with van der Waals surface area (Å²) in [6, 6.07) is 13.9. The second-order valence-electron chi connectivity index (χ2n) is 19.0. The van der Waals surface area contributed by atoms with Crippen molar-refractivity contribution < 1.29 is 42.7 Å². The van der Waals surface area contributed by atoms with E-state index in [0.29, 0.717) is 56.6 Å². The summed E-state index contributed by atoms with van der Waals surface area (Å²) in [6.45, 7) is 13.9. The van der Waals surface area contributed by atoms with Crippen LogP contribution in [0.4, 0.5) is 13.6 Å². The Hall–Kier alpha value is -5.51. The zero-order chi connectivity index (χ0) is 47.5. The van der Waals surface area contributed by atoms with Crippen LogP contribution >= 0.6 is 11.8 Å². The molecule has 1 fully saturated rings. The summed E-state index contributed by atoms with van der Waals surface area (Å²) in [6.07, 6.45) is 6.14. The van der Waals surface area contributed by atoms with Crippen molar-refractivity contribution in [2.75, 3.05) is 44.2 Å². The number of carbonyl (C=O) groups excluding carboxylic acids is 5. The summed E-state index contributed by atoms with van der Waals surface area (Å²) in [5, 5.41) is 15.8. The molecule has 3 N–H and O–H groups in total. The summed E-state index contributed by atoms with van der Waals surface area (Å²) in [5.41, 5.74) is 1.20. The van der Waals surface area contributed by atoms with Crippen molar-refractivity contribution >= 4 is 47.4 Å². The zero-order valence-corrected chi connectivity index (χ0v) is 39.2. The van der Waals surface area contributed by atoms with Gasteiger partial charge in [0, 0.05) is 99.1 Å². The van der Waals surface area contributed by atoms with Gasteiger partial charge in [0.05, 0.1) is 11.8 Å². The normalized spacial score (nSPS) is 16.9. The highest BCUT2D eigenvalue weighted by molar-refractivity contribution is 7.99. The molecule has 2 unspecified atom stereocenters. The number of hydrogen-bond donors (Lipinski definition) is 3. The molecule has 3 aromatic rings. The number of nitrogens with zero attached hydrogens (tertiary/aromatic N) is 4. The number of aromatic nitrogens is 1. The Bertz CT molecular complexity index is 2180. The molecule has 0 bridgehead atoms. The van der Waals surface area contributed by atoms with Gasteiger partial charge in [-0.1, -0.05) is 78.3 Å². The average molecular weight is 919 g/mol. The van der Waals surface area contributed by atoms with Gasteiger partial charge in [-0.3, -0.25) is 28.9 Å². The first kappa shape index (κ1) is 50.5. The molecule has 3 atom stereocenters. The third kappa shape index (κ3) is 14.0. The van der Waals surface area contributed by atoms with Crippen LogP contribution in [-0.2, 0) is 30.5 Å². The molecule has 0 aliphatic carbocycles. The Morgan fingerprint density at radius 1 is 0.877 bits per heavy atom. The zero-order valence-electron chi connectivity index (χ0n) is 38.4. The largest absolute Gasteiger partial charge is 0.465 e. The Morgan fingerprint density at radius 2 is 1.54 bits per heavy atom. The standard InChI is InChI=1S/C49H64F2N6O7S/c1-48(2,3)45-34(20-25-56(45)47(63)64)31-57(44(62)32-65-26-21-41(59)53-23-22-52-40(58)15-11-8-12-24-55-42(60)18-19-43(55)61)46(49(4,5)6)39-27-35(37-28-36(50)16-17-38(37)51)30-54(39)29-33-13-9-7-10-14-33/h7,9-10,13-14,16-19,27-28,30,34,45-46H,8,11-12,15,20-26,29,31-32H2,1-6H3,(H,52,58)(H,53,59)(H,63,64)/t34?,45?,46-/m0/s1. The van der Waals surface area contributed by atoms with Gasteiger partial charge in [-0.05, 0) is 65.8 Å². The topological polar surface area (TPSA) is 161 Å². The van der Waals surface area contributed by atoms with Gasteiger partial charge in [-0.2, -0.15) is 11.8 Å². The lowest BCUT2D eigenvalue weighted by atomic mass is 9.78. The molecule has 3 heterocycles. The van der Waals surface area contributed by atoms with Crippen LogP contribution in [0.2, 0.25) is 0 Å². The van der Waals surface area contributed by atoms with Crippen molar-refractivity contribution in [1.82, 2.24) is 29.9 Å². The van der Waals surface area contributed by atoms with Gasteiger partial charge in [0.25, 0.3) is 11.8 Å². The number of halogens is 2. The second kappa shape index (κ2) is 22.6. The fraction of sp³-hybridized carbons (Fsp3) is 0.510. The Balaban J connectivity index is 1.27. The molecule has 0 spiro atoms. The van der Waals surface area contributed by atoms with E-state index in [1.165, 1.54) is 39.8 Å². The maximum absolute atomic E-state index is 15.4. The molecule has 2 aliphatic heterocycles. The molecule has 352 valence electrons. The van der Waals surface area contributed by atoms with Gasteiger partial charge in [0.1, 0.15) is 11.6 Å². The van der Waals surface area contributed by atoms with Crippen LogP contribution < -0.4 is 10.6 Å². The molecule has 1 saturated heterocycles. The molecule has 13 nitrogen and oxygen atoms in total. The molecule has 2 aromatic carbocycles. The molecular formula is C49H64F2N6O7S. The predicted molar refractivity (Wildman–Crippen MR) is 248 cm³/mol. The van der Waals surface area contributed by atoms with Crippen molar-refractivity contribution in [2.24, 2.45) is 16.7 Å². The van der Waals surface area contributed by atoms with E-state index in [-0.39, 0.29) is 85.3 Å². The molecule has 1 aromatic heterocycles. The number of nitrogens with one attached hydrogen (secondary N) is 2. The molecule has 6 amide bonds. The highest BCUT2D eigenvalue weighted by atomic mass is 32.2. The van der Waals surface area contributed by atoms with Crippen molar-refractivity contribution in [3.63, 3.8) is 0 Å². The third-order valence-electron chi connectivity index (χ3n) is 11.8. The Morgan fingerprint density at radius 3 is 2.17 bits per heavy atom. The monoisotopic (exact) mass is 918 g/mol. The van der Waals surface area contributed by atoms with Crippen LogP contribution in [0.1, 0.15) is 97.4 Å². The summed E-state index contributed by atoms with van der Waals surface area (Å²) >= 11 is 1.32. The number of imide groups is 1. The van der Waals surface area contributed by atoms with Crippen LogP contribution in [0.15, 0.2) is 72.9 Å². The van der Waals surface area contributed by atoms with E-state index >= 15 is 4.39 Å². The summed E-state index contributed by atoms with van der Waals surface area (Å²) in [5.74, 6) is -2.20. The second-order valence-corrected chi connectivity index (χ2v) is 20.1. The maximum atomic E-state index is 15.4. The Kier molecular flexibility index (Phi) is 17.6. The van der Waals surface area contributed by atoms with Crippen molar-refractivity contribution in [3.8, 4) is 11.1 Å². The number of carbonyl (C=O) groups is 6. The van der Waals surface area contributed by atoms with Crippen molar-refractivity contribution in [2.45, 2.75) is 98.7 Å². The van der Waals surface area contributed by atoms with E-state index in [2.05, 4.69) is 10.6 Å². The lowest BCUT2D eigenvalue weighted by Gasteiger charge is -2.44. The average Bonchev–Trinajstić information content (AvgIpc) is 3.95. The number of carboxylic acid groups (broad SMARTS) is 1. The quantitative estimate of drug-likeness (QED) is 0.0726.